The van der Waals surface area contributed by atoms with E-state index in [1.807, 2.05) is 31.2 Å². The molecule has 1 unspecified atom stereocenters. The molecule has 1 amide bonds. The van der Waals surface area contributed by atoms with E-state index in [0.717, 1.165) is 37.4 Å². The lowest BCUT2D eigenvalue weighted by Crippen LogP contribution is -2.45. The third-order valence-electron chi connectivity index (χ3n) is 4.45. The van der Waals surface area contributed by atoms with Gasteiger partial charge in [-0.25, -0.2) is 0 Å². The van der Waals surface area contributed by atoms with Crippen molar-refractivity contribution in [1.82, 2.24) is 10.2 Å². The number of likely N-dealkylation sites (N-methyl/N-ethyl adjacent to an activating group) is 1. The first-order valence-corrected chi connectivity index (χ1v) is 8.75. The Morgan fingerprint density at radius 3 is 2.79 bits per heavy atom. The first kappa shape index (κ1) is 17.0. The van der Waals surface area contributed by atoms with Crippen LogP contribution in [0.1, 0.15) is 19.8 Å². The summed E-state index contributed by atoms with van der Waals surface area (Å²) in [7, 11) is 0. The molecule has 1 fully saturated rings. The summed E-state index contributed by atoms with van der Waals surface area (Å²) in [6.07, 6.45) is 1.98. The van der Waals surface area contributed by atoms with Gasteiger partial charge in [0.25, 0.3) is 0 Å². The van der Waals surface area contributed by atoms with Crippen LogP contribution in [0.25, 0.3) is 0 Å². The van der Waals surface area contributed by atoms with E-state index in [9.17, 15) is 4.79 Å². The van der Waals surface area contributed by atoms with Crippen molar-refractivity contribution in [3.05, 3.63) is 24.3 Å². The van der Waals surface area contributed by atoms with E-state index < -0.39 is 0 Å². The molecule has 1 N–H and O–H groups in total. The number of carbonyl (C=O) groups excluding carboxylic acids is 1. The number of hydrogen-bond donors (Lipinski definition) is 1. The molecule has 1 aromatic carbocycles. The smallest absolute Gasteiger partial charge is 0.248 e. The lowest BCUT2D eigenvalue weighted by Gasteiger charge is -2.31. The summed E-state index contributed by atoms with van der Waals surface area (Å²) in [5.41, 5.74) is 0. The number of carbonyl (C=O) groups is 1. The molecule has 132 valence electrons. The number of nitrogens with zero attached hydrogens (tertiary/aromatic N) is 1. The molecule has 0 spiro atoms. The molecule has 24 heavy (non-hydrogen) atoms. The summed E-state index contributed by atoms with van der Waals surface area (Å²) < 4.78 is 17.4. The van der Waals surface area contributed by atoms with E-state index in [4.69, 9.17) is 14.2 Å². The second-order valence-corrected chi connectivity index (χ2v) is 6.19. The first-order chi connectivity index (χ1) is 11.8. The van der Waals surface area contributed by atoms with Crippen LogP contribution in [-0.2, 0) is 9.53 Å². The van der Waals surface area contributed by atoms with Gasteiger partial charge in [0.05, 0.1) is 12.6 Å². The van der Waals surface area contributed by atoms with E-state index in [1.54, 1.807) is 4.90 Å². The van der Waals surface area contributed by atoms with Gasteiger partial charge in [-0.2, -0.15) is 0 Å². The molecule has 0 radical (unpaired) electrons. The highest BCUT2D eigenvalue weighted by Crippen LogP contribution is 2.31. The number of para-hydroxylation sites is 2. The molecule has 2 aliphatic rings. The summed E-state index contributed by atoms with van der Waals surface area (Å²) >= 11 is 0. The maximum absolute atomic E-state index is 12.4. The normalized spacial score (nSPS) is 20.6. The second kappa shape index (κ2) is 8.35. The quantitative estimate of drug-likeness (QED) is 0.853. The molecule has 2 heterocycles. The number of fused-ring (bicyclic) bond motifs is 1. The molecule has 1 atom stereocenters. The highest BCUT2D eigenvalue weighted by molar-refractivity contribution is 5.77. The lowest BCUT2D eigenvalue weighted by atomic mass is 10.1. The van der Waals surface area contributed by atoms with Gasteiger partial charge in [0.1, 0.15) is 13.2 Å². The molecule has 0 aliphatic carbocycles. The van der Waals surface area contributed by atoms with Crippen molar-refractivity contribution in [2.24, 2.45) is 0 Å². The Kier molecular flexibility index (Phi) is 5.93. The molecule has 0 bridgehead atoms. The van der Waals surface area contributed by atoms with Crippen LogP contribution < -0.4 is 14.8 Å². The Balaban J connectivity index is 1.48. The highest BCUT2D eigenvalue weighted by Gasteiger charge is 2.25. The fourth-order valence-corrected chi connectivity index (χ4v) is 3.05. The summed E-state index contributed by atoms with van der Waals surface area (Å²) in [5.74, 6) is 1.51. The van der Waals surface area contributed by atoms with Crippen LogP contribution >= 0.6 is 0 Å². The third kappa shape index (κ3) is 4.39. The number of nitrogens with one attached hydrogen (secondary N) is 1. The molecule has 0 aromatic heterocycles. The Morgan fingerprint density at radius 2 is 2.04 bits per heavy atom. The van der Waals surface area contributed by atoms with Gasteiger partial charge in [-0.1, -0.05) is 12.1 Å². The van der Waals surface area contributed by atoms with E-state index in [0.29, 0.717) is 19.7 Å². The van der Waals surface area contributed by atoms with Gasteiger partial charge in [0.2, 0.25) is 5.91 Å². The zero-order chi connectivity index (χ0) is 16.8. The van der Waals surface area contributed by atoms with Crippen LogP contribution in [0.5, 0.6) is 11.5 Å². The zero-order valence-corrected chi connectivity index (χ0v) is 14.2. The lowest BCUT2D eigenvalue weighted by molar-refractivity contribution is -0.140. The Labute approximate surface area is 143 Å². The number of amides is 1. The number of ether oxygens (including phenoxy) is 3. The predicted molar refractivity (Wildman–Crippen MR) is 90.5 cm³/mol. The standard InChI is InChI=1S/C18H26N2O4/c1-2-20(18(21)13-22-14-7-9-19-10-8-14)11-15-12-23-16-5-3-4-6-17(16)24-15/h3-6,14-15,19H,2,7-13H2,1H3. The van der Waals surface area contributed by atoms with Crippen LogP contribution in [0.4, 0.5) is 0 Å². The van der Waals surface area contributed by atoms with Crippen LogP contribution in [-0.4, -0.2) is 62.4 Å². The minimum absolute atomic E-state index is 0.0125. The molecule has 1 aromatic rings. The van der Waals surface area contributed by atoms with Crippen molar-refractivity contribution in [3.63, 3.8) is 0 Å². The van der Waals surface area contributed by atoms with Crippen LogP contribution in [0.3, 0.4) is 0 Å². The van der Waals surface area contributed by atoms with Gasteiger partial charge in [-0.3, -0.25) is 4.79 Å². The van der Waals surface area contributed by atoms with Gasteiger partial charge in [-0.05, 0) is 45.0 Å². The second-order valence-electron chi connectivity index (χ2n) is 6.19. The van der Waals surface area contributed by atoms with Gasteiger partial charge >= 0.3 is 0 Å². The SMILES string of the molecule is CCN(CC1COc2ccccc2O1)C(=O)COC1CCNCC1. The van der Waals surface area contributed by atoms with Crippen LogP contribution in [0.15, 0.2) is 24.3 Å². The summed E-state index contributed by atoms with van der Waals surface area (Å²) in [5, 5.41) is 3.29. The summed E-state index contributed by atoms with van der Waals surface area (Å²) in [4.78, 5) is 14.2. The van der Waals surface area contributed by atoms with Crippen molar-refractivity contribution in [3.8, 4) is 11.5 Å². The topological polar surface area (TPSA) is 60.0 Å². The highest BCUT2D eigenvalue weighted by atomic mass is 16.6. The molecule has 3 rings (SSSR count). The minimum Gasteiger partial charge on any atom is -0.486 e. The molecule has 6 nitrogen and oxygen atoms in total. The van der Waals surface area contributed by atoms with Gasteiger partial charge in [0, 0.05) is 6.54 Å². The Morgan fingerprint density at radius 1 is 1.29 bits per heavy atom. The van der Waals surface area contributed by atoms with Crippen molar-refractivity contribution in [2.45, 2.75) is 32.0 Å². The van der Waals surface area contributed by atoms with Crippen molar-refractivity contribution >= 4 is 5.91 Å². The molecule has 1 saturated heterocycles. The predicted octanol–water partition coefficient (Wildman–Crippen LogP) is 1.44. The summed E-state index contributed by atoms with van der Waals surface area (Å²) in [6, 6.07) is 7.61. The molecule has 6 heteroatoms. The van der Waals surface area contributed by atoms with E-state index in [2.05, 4.69) is 5.32 Å². The maximum atomic E-state index is 12.4. The number of piperidine rings is 1. The number of benzene rings is 1. The van der Waals surface area contributed by atoms with Crippen molar-refractivity contribution in [2.75, 3.05) is 39.4 Å². The number of rotatable bonds is 6. The molecular weight excluding hydrogens is 308 g/mol. The monoisotopic (exact) mass is 334 g/mol. The summed E-state index contributed by atoms with van der Waals surface area (Å²) in [6.45, 7) is 5.64. The van der Waals surface area contributed by atoms with E-state index >= 15 is 0 Å². The number of hydrogen-bond acceptors (Lipinski definition) is 5. The fourth-order valence-electron chi connectivity index (χ4n) is 3.05. The van der Waals surface area contributed by atoms with E-state index in [-0.39, 0.29) is 24.7 Å². The fraction of sp³-hybridized carbons (Fsp3) is 0.611. The third-order valence-corrected chi connectivity index (χ3v) is 4.45. The van der Waals surface area contributed by atoms with Gasteiger partial charge in [-0.15, -0.1) is 0 Å². The molecule has 0 saturated carbocycles. The van der Waals surface area contributed by atoms with Crippen LogP contribution in [0.2, 0.25) is 0 Å². The first-order valence-electron chi connectivity index (χ1n) is 8.75. The zero-order valence-electron chi connectivity index (χ0n) is 14.2. The van der Waals surface area contributed by atoms with Crippen molar-refractivity contribution in [1.29, 1.82) is 0 Å². The maximum Gasteiger partial charge on any atom is 0.248 e. The molecular formula is C18H26N2O4. The molecule has 2 aliphatic heterocycles. The minimum atomic E-state index is -0.150. The Bertz CT molecular complexity index is 546. The average Bonchev–Trinajstić information content (AvgIpc) is 2.65. The van der Waals surface area contributed by atoms with E-state index in [1.165, 1.54) is 0 Å². The average molecular weight is 334 g/mol. The largest absolute Gasteiger partial charge is 0.486 e. The van der Waals surface area contributed by atoms with Gasteiger partial charge in [0.15, 0.2) is 17.6 Å². The van der Waals surface area contributed by atoms with Crippen molar-refractivity contribution < 1.29 is 19.0 Å². The Hall–Kier alpha value is -1.79. The van der Waals surface area contributed by atoms with Gasteiger partial charge < -0.3 is 24.4 Å². The van der Waals surface area contributed by atoms with Crippen LogP contribution in [0, 0.1) is 0 Å².